The first-order valence-electron chi connectivity index (χ1n) is 7.18. The lowest BCUT2D eigenvalue weighted by Crippen LogP contribution is -2.46. The maximum absolute atomic E-state index is 6.05. The normalized spacial score (nSPS) is 27.0. The van der Waals surface area contributed by atoms with E-state index < -0.39 is 0 Å². The molecule has 1 fully saturated rings. The number of nitrogens with one attached hydrogen (secondary N) is 1. The molecule has 0 bridgehead atoms. The van der Waals surface area contributed by atoms with Crippen LogP contribution >= 0.6 is 0 Å². The van der Waals surface area contributed by atoms with E-state index in [4.69, 9.17) is 9.47 Å². The molecular formula is C14H29NO2. The van der Waals surface area contributed by atoms with Gasteiger partial charge in [0.1, 0.15) is 0 Å². The summed E-state index contributed by atoms with van der Waals surface area (Å²) in [6.07, 6.45) is 6.42. The van der Waals surface area contributed by atoms with Gasteiger partial charge >= 0.3 is 0 Å². The van der Waals surface area contributed by atoms with Gasteiger partial charge in [-0.25, -0.2) is 0 Å². The molecule has 1 N–H and O–H groups in total. The molecular weight excluding hydrogens is 214 g/mol. The van der Waals surface area contributed by atoms with Crippen LogP contribution in [-0.2, 0) is 9.47 Å². The number of unbranched alkanes of at least 4 members (excludes halogenated alkanes) is 1. The van der Waals surface area contributed by atoms with Crippen molar-refractivity contribution in [3.05, 3.63) is 0 Å². The number of ether oxygens (including phenoxy) is 2. The van der Waals surface area contributed by atoms with Crippen molar-refractivity contribution in [3.63, 3.8) is 0 Å². The number of hydrogen-bond donors (Lipinski definition) is 1. The molecule has 17 heavy (non-hydrogen) atoms. The fourth-order valence-corrected chi connectivity index (χ4v) is 2.36. The second kappa shape index (κ2) is 8.90. The Balaban J connectivity index is 2.26. The fraction of sp³-hybridized carbons (Fsp3) is 1.00. The van der Waals surface area contributed by atoms with Crippen LogP contribution in [0, 0.1) is 5.92 Å². The summed E-state index contributed by atoms with van der Waals surface area (Å²) >= 11 is 0. The molecule has 0 amide bonds. The van der Waals surface area contributed by atoms with Gasteiger partial charge < -0.3 is 14.8 Å². The SMILES string of the molecule is CCCCC(CC)COC1COCCC1NC. The van der Waals surface area contributed by atoms with Crippen molar-refractivity contribution >= 4 is 0 Å². The number of hydrogen-bond acceptors (Lipinski definition) is 3. The van der Waals surface area contributed by atoms with Crippen LogP contribution in [0.4, 0.5) is 0 Å². The third-order valence-electron chi connectivity index (χ3n) is 3.76. The van der Waals surface area contributed by atoms with E-state index in [-0.39, 0.29) is 6.10 Å². The fourth-order valence-electron chi connectivity index (χ4n) is 2.36. The van der Waals surface area contributed by atoms with Crippen molar-refractivity contribution in [2.45, 2.75) is 58.1 Å². The molecule has 0 spiro atoms. The van der Waals surface area contributed by atoms with E-state index in [1.165, 1.54) is 25.7 Å². The highest BCUT2D eigenvalue weighted by molar-refractivity contribution is 4.79. The molecule has 0 aromatic carbocycles. The highest BCUT2D eigenvalue weighted by Crippen LogP contribution is 2.17. The van der Waals surface area contributed by atoms with E-state index in [2.05, 4.69) is 19.2 Å². The molecule has 3 heteroatoms. The van der Waals surface area contributed by atoms with Crippen molar-refractivity contribution in [2.75, 3.05) is 26.9 Å². The summed E-state index contributed by atoms with van der Waals surface area (Å²) in [6, 6.07) is 0.465. The highest BCUT2D eigenvalue weighted by Gasteiger charge is 2.25. The van der Waals surface area contributed by atoms with Crippen LogP contribution in [0.2, 0.25) is 0 Å². The maximum Gasteiger partial charge on any atom is 0.0961 e. The van der Waals surface area contributed by atoms with Gasteiger partial charge in [0.2, 0.25) is 0 Å². The standard InChI is InChI=1S/C14H29NO2/c1-4-6-7-12(5-2)10-17-14-11-16-9-8-13(14)15-3/h12-15H,4-11H2,1-3H3. The lowest BCUT2D eigenvalue weighted by molar-refractivity contribution is -0.0773. The minimum Gasteiger partial charge on any atom is -0.379 e. The van der Waals surface area contributed by atoms with Crippen LogP contribution in [-0.4, -0.2) is 39.0 Å². The first kappa shape index (κ1) is 14.9. The molecule has 1 rings (SSSR count). The van der Waals surface area contributed by atoms with Crippen LogP contribution in [0.1, 0.15) is 46.0 Å². The molecule has 0 aliphatic carbocycles. The Bertz CT molecular complexity index is 187. The summed E-state index contributed by atoms with van der Waals surface area (Å²) in [7, 11) is 2.01. The quantitative estimate of drug-likeness (QED) is 0.711. The molecule has 102 valence electrons. The molecule has 0 radical (unpaired) electrons. The summed E-state index contributed by atoms with van der Waals surface area (Å²) in [5.41, 5.74) is 0. The van der Waals surface area contributed by atoms with Gasteiger partial charge in [0.15, 0.2) is 0 Å². The Hall–Kier alpha value is -0.120. The van der Waals surface area contributed by atoms with E-state index in [0.717, 1.165) is 32.2 Å². The molecule has 3 atom stereocenters. The number of likely N-dealkylation sites (N-methyl/N-ethyl adjacent to an activating group) is 1. The lowest BCUT2D eigenvalue weighted by Gasteiger charge is -2.32. The smallest absolute Gasteiger partial charge is 0.0961 e. The van der Waals surface area contributed by atoms with E-state index in [9.17, 15) is 0 Å². The average molecular weight is 243 g/mol. The van der Waals surface area contributed by atoms with Gasteiger partial charge in [0, 0.05) is 19.3 Å². The Labute approximate surface area is 106 Å². The van der Waals surface area contributed by atoms with Crippen molar-refractivity contribution in [3.8, 4) is 0 Å². The molecule has 0 aromatic heterocycles. The van der Waals surface area contributed by atoms with Crippen LogP contribution in [0.3, 0.4) is 0 Å². The Morgan fingerprint density at radius 2 is 2.24 bits per heavy atom. The largest absolute Gasteiger partial charge is 0.379 e. The second-order valence-electron chi connectivity index (χ2n) is 5.05. The summed E-state index contributed by atoms with van der Waals surface area (Å²) in [5.74, 6) is 0.717. The third kappa shape index (κ3) is 5.36. The Morgan fingerprint density at radius 3 is 2.88 bits per heavy atom. The van der Waals surface area contributed by atoms with Gasteiger partial charge in [-0.05, 0) is 25.8 Å². The first-order chi connectivity index (χ1) is 8.31. The van der Waals surface area contributed by atoms with Crippen molar-refractivity contribution in [1.82, 2.24) is 5.32 Å². The minimum absolute atomic E-state index is 0.240. The monoisotopic (exact) mass is 243 g/mol. The highest BCUT2D eigenvalue weighted by atomic mass is 16.5. The predicted octanol–water partition coefficient (Wildman–Crippen LogP) is 2.60. The predicted molar refractivity (Wildman–Crippen MR) is 71.3 cm³/mol. The molecule has 1 aliphatic rings. The molecule has 3 nitrogen and oxygen atoms in total. The van der Waals surface area contributed by atoms with Crippen molar-refractivity contribution in [2.24, 2.45) is 5.92 Å². The van der Waals surface area contributed by atoms with E-state index in [1.807, 2.05) is 7.05 Å². The molecule has 1 heterocycles. The zero-order chi connectivity index (χ0) is 12.5. The molecule has 1 aliphatic heterocycles. The van der Waals surface area contributed by atoms with Gasteiger partial charge in [-0.15, -0.1) is 0 Å². The van der Waals surface area contributed by atoms with Crippen molar-refractivity contribution < 1.29 is 9.47 Å². The van der Waals surface area contributed by atoms with Crippen LogP contribution < -0.4 is 5.32 Å². The first-order valence-corrected chi connectivity index (χ1v) is 7.18. The summed E-state index contributed by atoms with van der Waals surface area (Å²) in [4.78, 5) is 0. The molecule has 3 unspecified atom stereocenters. The molecule has 0 aromatic rings. The van der Waals surface area contributed by atoms with Gasteiger partial charge in [-0.3, -0.25) is 0 Å². The zero-order valence-corrected chi connectivity index (χ0v) is 11.7. The van der Waals surface area contributed by atoms with Crippen LogP contribution in [0.5, 0.6) is 0 Å². The van der Waals surface area contributed by atoms with Crippen LogP contribution in [0.15, 0.2) is 0 Å². The second-order valence-corrected chi connectivity index (χ2v) is 5.05. The third-order valence-corrected chi connectivity index (χ3v) is 3.76. The molecule has 0 saturated carbocycles. The average Bonchev–Trinajstić information content (AvgIpc) is 2.39. The maximum atomic E-state index is 6.05. The van der Waals surface area contributed by atoms with E-state index in [0.29, 0.717) is 6.04 Å². The topological polar surface area (TPSA) is 30.5 Å². The van der Waals surface area contributed by atoms with Crippen molar-refractivity contribution in [1.29, 1.82) is 0 Å². The molecule has 1 saturated heterocycles. The van der Waals surface area contributed by atoms with Crippen LogP contribution in [0.25, 0.3) is 0 Å². The summed E-state index contributed by atoms with van der Waals surface area (Å²) < 4.78 is 11.5. The zero-order valence-electron chi connectivity index (χ0n) is 11.7. The Kier molecular flexibility index (Phi) is 7.82. The lowest BCUT2D eigenvalue weighted by atomic mass is 10.00. The van der Waals surface area contributed by atoms with Gasteiger partial charge in [-0.2, -0.15) is 0 Å². The van der Waals surface area contributed by atoms with Gasteiger partial charge in [-0.1, -0.05) is 33.1 Å². The number of rotatable bonds is 8. The Morgan fingerprint density at radius 1 is 1.41 bits per heavy atom. The van der Waals surface area contributed by atoms with E-state index >= 15 is 0 Å². The van der Waals surface area contributed by atoms with Gasteiger partial charge in [0.25, 0.3) is 0 Å². The summed E-state index contributed by atoms with van der Waals surface area (Å²) in [6.45, 7) is 7.01. The van der Waals surface area contributed by atoms with E-state index in [1.54, 1.807) is 0 Å². The minimum atomic E-state index is 0.240. The summed E-state index contributed by atoms with van der Waals surface area (Å²) in [5, 5.41) is 3.33. The van der Waals surface area contributed by atoms with Gasteiger partial charge in [0.05, 0.1) is 12.7 Å².